The van der Waals surface area contributed by atoms with Crippen LogP contribution in [0.25, 0.3) is 0 Å². The maximum absolute atomic E-state index is 12.4. The summed E-state index contributed by atoms with van der Waals surface area (Å²) < 4.78 is 5.44. The molecule has 0 spiro atoms. The van der Waals surface area contributed by atoms with Crippen LogP contribution >= 0.6 is 0 Å². The molecule has 0 aliphatic rings. The van der Waals surface area contributed by atoms with Crippen molar-refractivity contribution >= 4 is 11.9 Å². The van der Waals surface area contributed by atoms with Crippen LogP contribution in [-0.2, 0) is 14.3 Å². The topological polar surface area (TPSA) is 95.9 Å². The summed E-state index contributed by atoms with van der Waals surface area (Å²) in [5.41, 5.74) is 0. The largest absolute Gasteiger partial charge is 0.466 e. The molecule has 0 aromatic rings. The molecule has 6 nitrogen and oxygen atoms in total. The number of aliphatic hydroxyl groups excluding tert-OH is 2. The van der Waals surface area contributed by atoms with Crippen LogP contribution in [0.1, 0.15) is 258 Å². The first kappa shape index (κ1) is 56.1. The Kier molecular flexibility index (Phi) is 46.2. The molecule has 2 atom stereocenters. The molecule has 0 saturated heterocycles. The van der Waals surface area contributed by atoms with E-state index in [-0.39, 0.29) is 18.5 Å². The lowest BCUT2D eigenvalue weighted by Gasteiger charge is -2.19. The molecule has 0 aliphatic heterocycles. The molecule has 0 aliphatic carbocycles. The van der Waals surface area contributed by atoms with Crippen LogP contribution < -0.4 is 5.32 Å². The summed E-state index contributed by atoms with van der Waals surface area (Å²) >= 11 is 0. The molecule has 3 N–H and O–H groups in total. The number of hydrogen-bond donors (Lipinski definition) is 3. The van der Waals surface area contributed by atoms with Gasteiger partial charge in [-0.3, -0.25) is 9.59 Å². The zero-order valence-electron chi connectivity index (χ0n) is 38.5. The molecule has 0 rings (SSSR count). The van der Waals surface area contributed by atoms with Gasteiger partial charge in [-0.2, -0.15) is 0 Å². The van der Waals surface area contributed by atoms with Crippen LogP contribution in [0.5, 0.6) is 0 Å². The Morgan fingerprint density at radius 3 is 1.24 bits per heavy atom. The lowest BCUT2D eigenvalue weighted by atomic mass is 10.0. The van der Waals surface area contributed by atoms with E-state index in [2.05, 4.69) is 43.5 Å². The van der Waals surface area contributed by atoms with Gasteiger partial charge in [0.25, 0.3) is 0 Å². The average Bonchev–Trinajstić information content (AvgIpc) is 3.22. The number of rotatable bonds is 46. The van der Waals surface area contributed by atoms with Gasteiger partial charge in [0.05, 0.1) is 25.4 Å². The molecule has 6 heteroatoms. The second-order valence-corrected chi connectivity index (χ2v) is 17.1. The molecule has 0 radical (unpaired) electrons. The zero-order chi connectivity index (χ0) is 42.3. The highest BCUT2D eigenvalue weighted by Crippen LogP contribution is 2.14. The SMILES string of the molecule is CCCCCCC/C=C\CCCCCCCC(=O)OCCCCCCCC/C=C\CCCCCC(=O)NC(CO)C(O)/C=C/CCCCCCCCCCCCCC. The van der Waals surface area contributed by atoms with Gasteiger partial charge in [0, 0.05) is 12.8 Å². The van der Waals surface area contributed by atoms with Crippen molar-refractivity contribution in [3.8, 4) is 0 Å². The van der Waals surface area contributed by atoms with E-state index in [0.717, 1.165) is 70.6 Å². The number of unbranched alkanes of at least 4 members (excludes halogenated alkanes) is 31. The Morgan fingerprint density at radius 2 is 0.810 bits per heavy atom. The highest BCUT2D eigenvalue weighted by Gasteiger charge is 2.18. The molecule has 0 aromatic heterocycles. The van der Waals surface area contributed by atoms with E-state index in [0.29, 0.717) is 19.4 Å². The molecular weight excluding hydrogens is 719 g/mol. The van der Waals surface area contributed by atoms with Crippen molar-refractivity contribution in [1.29, 1.82) is 0 Å². The van der Waals surface area contributed by atoms with Crippen molar-refractivity contribution in [2.24, 2.45) is 0 Å². The molecule has 340 valence electrons. The van der Waals surface area contributed by atoms with Crippen LogP contribution in [0.4, 0.5) is 0 Å². The number of esters is 1. The standard InChI is InChI=1S/C52H97NO5/c1-3-5-7-9-11-13-15-17-20-24-28-32-36-40-44-50(55)49(48-54)53-51(56)45-41-37-33-29-25-21-19-23-27-31-35-39-43-47-58-52(57)46-42-38-34-30-26-22-18-16-14-12-10-8-6-4-2/h16,18,21,25,40,44,49-50,54-55H,3-15,17,19-20,22-24,26-39,41-43,45-48H2,1-2H3,(H,53,56)/b18-16-,25-21-,44-40+. The number of allylic oxidation sites excluding steroid dienone is 5. The van der Waals surface area contributed by atoms with Gasteiger partial charge < -0.3 is 20.3 Å². The van der Waals surface area contributed by atoms with E-state index in [1.165, 1.54) is 161 Å². The van der Waals surface area contributed by atoms with Crippen molar-refractivity contribution in [3.63, 3.8) is 0 Å². The molecule has 0 bridgehead atoms. The molecule has 2 unspecified atom stereocenters. The van der Waals surface area contributed by atoms with Gasteiger partial charge >= 0.3 is 5.97 Å². The van der Waals surface area contributed by atoms with Crippen LogP contribution in [0, 0.1) is 0 Å². The predicted octanol–water partition coefficient (Wildman–Crippen LogP) is 14.9. The van der Waals surface area contributed by atoms with Gasteiger partial charge in [-0.1, -0.05) is 198 Å². The third kappa shape index (κ3) is 43.7. The number of carbonyl (C=O) groups is 2. The monoisotopic (exact) mass is 816 g/mol. The third-order valence-electron chi connectivity index (χ3n) is 11.4. The Bertz CT molecular complexity index is 946. The lowest BCUT2D eigenvalue weighted by molar-refractivity contribution is -0.143. The van der Waals surface area contributed by atoms with Crippen molar-refractivity contribution in [3.05, 3.63) is 36.5 Å². The molecule has 0 aromatic carbocycles. The van der Waals surface area contributed by atoms with Gasteiger partial charge in [-0.05, 0) is 83.5 Å². The molecule has 1 amide bonds. The number of carbonyl (C=O) groups excluding carboxylic acids is 2. The van der Waals surface area contributed by atoms with Crippen molar-refractivity contribution in [2.75, 3.05) is 13.2 Å². The molecule has 0 saturated carbocycles. The first-order chi connectivity index (χ1) is 28.5. The fourth-order valence-corrected chi connectivity index (χ4v) is 7.44. The van der Waals surface area contributed by atoms with Gasteiger partial charge in [0.1, 0.15) is 0 Å². The van der Waals surface area contributed by atoms with Crippen molar-refractivity contribution in [1.82, 2.24) is 5.32 Å². The van der Waals surface area contributed by atoms with Crippen molar-refractivity contribution < 1.29 is 24.5 Å². The van der Waals surface area contributed by atoms with Crippen molar-refractivity contribution in [2.45, 2.75) is 270 Å². The molecule has 0 fully saturated rings. The van der Waals surface area contributed by atoms with Gasteiger partial charge in [-0.15, -0.1) is 0 Å². The minimum absolute atomic E-state index is 0.0233. The Morgan fingerprint density at radius 1 is 0.466 bits per heavy atom. The van der Waals surface area contributed by atoms with E-state index in [1.54, 1.807) is 6.08 Å². The van der Waals surface area contributed by atoms with Gasteiger partial charge in [0.15, 0.2) is 0 Å². The number of amides is 1. The minimum Gasteiger partial charge on any atom is -0.466 e. The van der Waals surface area contributed by atoms with Crippen LogP contribution in [0.2, 0.25) is 0 Å². The highest BCUT2D eigenvalue weighted by atomic mass is 16.5. The lowest BCUT2D eigenvalue weighted by Crippen LogP contribution is -2.45. The Labute approximate surface area is 360 Å². The number of nitrogens with one attached hydrogen (secondary N) is 1. The van der Waals surface area contributed by atoms with Crippen LogP contribution in [0.15, 0.2) is 36.5 Å². The Hall–Kier alpha value is -1.92. The number of hydrogen-bond acceptors (Lipinski definition) is 5. The summed E-state index contributed by atoms with van der Waals surface area (Å²) in [6, 6.07) is -0.648. The molecule has 58 heavy (non-hydrogen) atoms. The summed E-state index contributed by atoms with van der Waals surface area (Å²) in [6.45, 7) is 4.83. The fraction of sp³-hybridized carbons (Fsp3) is 0.846. The van der Waals surface area contributed by atoms with Crippen LogP contribution in [-0.4, -0.2) is 47.4 Å². The molecule has 0 heterocycles. The first-order valence-corrected chi connectivity index (χ1v) is 25.3. The maximum atomic E-state index is 12.4. The van der Waals surface area contributed by atoms with E-state index >= 15 is 0 Å². The fourth-order valence-electron chi connectivity index (χ4n) is 7.44. The van der Waals surface area contributed by atoms with Crippen LogP contribution in [0.3, 0.4) is 0 Å². The summed E-state index contributed by atoms with van der Waals surface area (Å²) in [5, 5.41) is 23.0. The van der Waals surface area contributed by atoms with E-state index in [9.17, 15) is 19.8 Å². The smallest absolute Gasteiger partial charge is 0.305 e. The quantitative estimate of drug-likeness (QED) is 0.0323. The average molecular weight is 816 g/mol. The van der Waals surface area contributed by atoms with E-state index in [1.807, 2.05) is 6.08 Å². The summed E-state index contributed by atoms with van der Waals surface area (Å²) in [5.74, 6) is -0.122. The maximum Gasteiger partial charge on any atom is 0.305 e. The second-order valence-electron chi connectivity index (χ2n) is 17.1. The summed E-state index contributed by atoms with van der Waals surface area (Å²) in [7, 11) is 0. The minimum atomic E-state index is -0.861. The summed E-state index contributed by atoms with van der Waals surface area (Å²) in [4.78, 5) is 24.4. The summed E-state index contributed by atoms with van der Waals surface area (Å²) in [6.07, 6.45) is 57.1. The first-order valence-electron chi connectivity index (χ1n) is 25.3. The number of ether oxygens (including phenoxy) is 1. The zero-order valence-corrected chi connectivity index (χ0v) is 38.5. The highest BCUT2D eigenvalue weighted by molar-refractivity contribution is 5.76. The number of aliphatic hydroxyl groups is 2. The molecular formula is C52H97NO5. The van der Waals surface area contributed by atoms with E-state index in [4.69, 9.17) is 4.74 Å². The van der Waals surface area contributed by atoms with Gasteiger partial charge in [-0.25, -0.2) is 0 Å². The normalized spacial score (nSPS) is 13.0. The second kappa shape index (κ2) is 47.8. The van der Waals surface area contributed by atoms with Gasteiger partial charge in [0.2, 0.25) is 5.91 Å². The Balaban J connectivity index is 3.55. The predicted molar refractivity (Wildman–Crippen MR) is 250 cm³/mol. The third-order valence-corrected chi connectivity index (χ3v) is 11.4. The van der Waals surface area contributed by atoms with E-state index < -0.39 is 12.1 Å².